The van der Waals surface area contributed by atoms with E-state index in [1.165, 1.54) is 6.92 Å². The highest BCUT2D eigenvalue weighted by Gasteiger charge is 2.37. The largest absolute Gasteiger partial charge is 0.466 e. The predicted octanol–water partition coefficient (Wildman–Crippen LogP) is 2.60. The van der Waals surface area contributed by atoms with E-state index in [0.29, 0.717) is 0 Å². The summed E-state index contributed by atoms with van der Waals surface area (Å²) >= 11 is 0. The maximum Gasteiger partial charge on any atom is 0.433 e. The van der Waals surface area contributed by atoms with E-state index in [2.05, 4.69) is 9.72 Å². The summed E-state index contributed by atoms with van der Waals surface area (Å²) in [5.74, 6) is -0.848. The van der Waals surface area contributed by atoms with Crippen molar-refractivity contribution in [1.82, 2.24) is 4.98 Å². The van der Waals surface area contributed by atoms with Gasteiger partial charge in [-0.05, 0) is 13.0 Å². The quantitative estimate of drug-likeness (QED) is 0.670. The summed E-state index contributed by atoms with van der Waals surface area (Å²) in [6.07, 6.45) is -8.72. The summed E-state index contributed by atoms with van der Waals surface area (Å²) in [6.45, 7) is 0.795. The second kappa shape index (κ2) is 6.79. The van der Waals surface area contributed by atoms with Crippen molar-refractivity contribution in [3.05, 3.63) is 28.6 Å². The lowest BCUT2D eigenvalue weighted by Gasteiger charge is -2.16. The van der Waals surface area contributed by atoms with Gasteiger partial charge in [-0.3, -0.25) is 4.79 Å². The van der Waals surface area contributed by atoms with Crippen molar-refractivity contribution in [2.45, 2.75) is 32.5 Å². The number of esters is 1. The van der Waals surface area contributed by atoms with Crippen molar-refractivity contribution in [2.75, 3.05) is 6.61 Å². The van der Waals surface area contributed by atoms with Crippen LogP contribution in [0.3, 0.4) is 0 Å². The van der Waals surface area contributed by atoms with Crippen LogP contribution >= 0.6 is 0 Å². The molecule has 0 amide bonds. The van der Waals surface area contributed by atoms with Gasteiger partial charge in [0, 0.05) is 17.7 Å². The minimum absolute atomic E-state index is 0.0214. The van der Waals surface area contributed by atoms with Crippen molar-refractivity contribution in [2.24, 2.45) is 5.73 Å². The summed E-state index contributed by atoms with van der Waals surface area (Å²) in [6, 6.07) is 0.749. The summed E-state index contributed by atoms with van der Waals surface area (Å²) in [5, 5.41) is 0. The SMILES string of the molecule is CCOC(=O)Cc1cc(C(F)F)c(CN)c(C(F)(F)F)n1. The third kappa shape index (κ3) is 4.35. The number of carbonyl (C=O) groups is 1. The van der Waals surface area contributed by atoms with Crippen molar-refractivity contribution in [1.29, 1.82) is 0 Å². The summed E-state index contributed by atoms with van der Waals surface area (Å²) < 4.78 is 68.9. The zero-order chi connectivity index (χ0) is 16.2. The first-order valence-corrected chi connectivity index (χ1v) is 5.94. The molecule has 0 saturated heterocycles. The molecular weight excluding hydrogens is 299 g/mol. The zero-order valence-electron chi connectivity index (χ0n) is 11.0. The van der Waals surface area contributed by atoms with Gasteiger partial charge in [-0.2, -0.15) is 13.2 Å². The number of carbonyl (C=O) groups excluding carboxylic acids is 1. The minimum Gasteiger partial charge on any atom is -0.466 e. The molecule has 0 fully saturated rings. The summed E-state index contributed by atoms with van der Waals surface area (Å²) in [4.78, 5) is 14.5. The number of pyridine rings is 1. The molecule has 0 bridgehead atoms. The minimum atomic E-state index is -4.94. The molecule has 0 aliphatic rings. The molecule has 0 aromatic carbocycles. The summed E-state index contributed by atoms with van der Waals surface area (Å²) in [7, 11) is 0. The normalized spacial score (nSPS) is 11.8. The van der Waals surface area contributed by atoms with E-state index < -0.39 is 54.1 Å². The van der Waals surface area contributed by atoms with Crippen molar-refractivity contribution < 1.29 is 31.5 Å². The third-order valence-corrected chi connectivity index (χ3v) is 2.55. The van der Waals surface area contributed by atoms with Crippen molar-refractivity contribution >= 4 is 5.97 Å². The molecule has 118 valence electrons. The molecular formula is C12H13F5N2O2. The van der Waals surface area contributed by atoms with E-state index in [-0.39, 0.29) is 6.61 Å². The van der Waals surface area contributed by atoms with E-state index in [1.807, 2.05) is 0 Å². The van der Waals surface area contributed by atoms with Gasteiger partial charge < -0.3 is 10.5 Å². The topological polar surface area (TPSA) is 65.2 Å². The highest BCUT2D eigenvalue weighted by atomic mass is 19.4. The van der Waals surface area contributed by atoms with E-state index in [1.54, 1.807) is 0 Å². The Labute approximate surface area is 117 Å². The Morgan fingerprint density at radius 1 is 1.43 bits per heavy atom. The Kier molecular flexibility index (Phi) is 5.59. The van der Waals surface area contributed by atoms with E-state index >= 15 is 0 Å². The number of nitrogens with zero attached hydrogens (tertiary/aromatic N) is 1. The highest BCUT2D eigenvalue weighted by molar-refractivity contribution is 5.72. The Morgan fingerprint density at radius 3 is 2.48 bits per heavy atom. The lowest BCUT2D eigenvalue weighted by Crippen LogP contribution is -2.19. The van der Waals surface area contributed by atoms with Crippen LogP contribution in [0.4, 0.5) is 22.0 Å². The second-order valence-corrected chi connectivity index (χ2v) is 4.01. The average molecular weight is 312 g/mol. The van der Waals surface area contributed by atoms with Crippen LogP contribution in [-0.2, 0) is 28.7 Å². The molecule has 0 saturated carbocycles. The molecule has 0 aliphatic heterocycles. The molecule has 0 unspecified atom stereocenters. The maximum absolute atomic E-state index is 12.9. The van der Waals surface area contributed by atoms with E-state index in [0.717, 1.165) is 6.07 Å². The molecule has 9 heteroatoms. The van der Waals surface area contributed by atoms with Gasteiger partial charge >= 0.3 is 12.1 Å². The zero-order valence-corrected chi connectivity index (χ0v) is 11.0. The first kappa shape index (κ1) is 17.3. The first-order chi connectivity index (χ1) is 9.70. The van der Waals surface area contributed by atoms with Crippen LogP contribution in [0.2, 0.25) is 0 Å². The number of hydrogen-bond donors (Lipinski definition) is 1. The van der Waals surface area contributed by atoms with Gasteiger partial charge in [0.25, 0.3) is 6.43 Å². The molecule has 1 aromatic rings. The van der Waals surface area contributed by atoms with Gasteiger partial charge in [0.05, 0.1) is 18.7 Å². The number of hydrogen-bond acceptors (Lipinski definition) is 4. The molecule has 2 N–H and O–H groups in total. The molecule has 4 nitrogen and oxygen atoms in total. The van der Waals surface area contributed by atoms with E-state index in [4.69, 9.17) is 5.73 Å². The first-order valence-electron chi connectivity index (χ1n) is 5.94. The fraction of sp³-hybridized carbons (Fsp3) is 0.500. The van der Waals surface area contributed by atoms with Gasteiger partial charge in [-0.1, -0.05) is 0 Å². The fourth-order valence-electron chi connectivity index (χ4n) is 1.74. The number of rotatable bonds is 5. The van der Waals surface area contributed by atoms with Crippen LogP contribution in [0.5, 0.6) is 0 Å². The molecule has 0 radical (unpaired) electrons. The standard InChI is InChI=1S/C12H13F5N2O2/c1-2-21-9(20)4-6-3-7(11(13)14)8(5-18)10(19-6)12(15,16)17/h3,11H,2,4-5,18H2,1H3. The van der Waals surface area contributed by atoms with E-state index in [9.17, 15) is 26.7 Å². The number of ether oxygens (including phenoxy) is 1. The molecule has 21 heavy (non-hydrogen) atoms. The monoisotopic (exact) mass is 312 g/mol. The fourth-order valence-corrected chi connectivity index (χ4v) is 1.74. The van der Waals surface area contributed by atoms with Gasteiger partial charge in [0.1, 0.15) is 5.69 Å². The maximum atomic E-state index is 12.9. The van der Waals surface area contributed by atoms with Crippen LogP contribution in [-0.4, -0.2) is 17.6 Å². The van der Waals surface area contributed by atoms with Gasteiger partial charge in [-0.15, -0.1) is 0 Å². The highest BCUT2D eigenvalue weighted by Crippen LogP contribution is 2.35. The van der Waals surface area contributed by atoms with Gasteiger partial charge in [0.2, 0.25) is 0 Å². The van der Waals surface area contributed by atoms with Crippen LogP contribution in [0.25, 0.3) is 0 Å². The summed E-state index contributed by atoms with van der Waals surface area (Å²) in [5.41, 5.74) is 1.54. The Bertz CT molecular complexity index is 517. The number of aromatic nitrogens is 1. The smallest absolute Gasteiger partial charge is 0.433 e. The molecule has 1 rings (SSSR count). The van der Waals surface area contributed by atoms with Crippen LogP contribution in [0.15, 0.2) is 6.07 Å². The average Bonchev–Trinajstić information content (AvgIpc) is 2.36. The Morgan fingerprint density at radius 2 is 2.05 bits per heavy atom. The number of alkyl halides is 5. The van der Waals surface area contributed by atoms with Gasteiger partial charge in [0.15, 0.2) is 0 Å². The van der Waals surface area contributed by atoms with Crippen molar-refractivity contribution in [3.63, 3.8) is 0 Å². The molecule has 0 aliphatic carbocycles. The lowest BCUT2D eigenvalue weighted by molar-refractivity contribution is -0.144. The lowest BCUT2D eigenvalue weighted by atomic mass is 10.0. The third-order valence-electron chi connectivity index (χ3n) is 2.55. The Hall–Kier alpha value is -1.77. The van der Waals surface area contributed by atoms with Crippen LogP contribution in [0.1, 0.15) is 35.9 Å². The molecule has 1 aromatic heterocycles. The predicted molar refractivity (Wildman–Crippen MR) is 62.4 cm³/mol. The Balaban J connectivity index is 3.35. The molecule has 1 heterocycles. The number of nitrogens with two attached hydrogens (primary N) is 1. The second-order valence-electron chi connectivity index (χ2n) is 4.01. The number of halogens is 5. The van der Waals surface area contributed by atoms with Crippen LogP contribution < -0.4 is 5.73 Å². The van der Waals surface area contributed by atoms with Gasteiger partial charge in [-0.25, -0.2) is 13.8 Å². The molecule has 0 atom stereocenters. The molecule has 0 spiro atoms. The van der Waals surface area contributed by atoms with Crippen molar-refractivity contribution in [3.8, 4) is 0 Å². The van der Waals surface area contributed by atoms with Crippen LogP contribution in [0, 0.1) is 0 Å².